The van der Waals surface area contributed by atoms with Gasteiger partial charge in [0.2, 0.25) is 0 Å². The van der Waals surface area contributed by atoms with E-state index in [1.807, 2.05) is 13.0 Å². The van der Waals surface area contributed by atoms with E-state index in [1.54, 1.807) is 6.07 Å². The Morgan fingerprint density at radius 3 is 3.11 bits per heavy atom. The lowest BCUT2D eigenvalue weighted by atomic mass is 10.4. The second kappa shape index (κ2) is 8.70. The standard InChI is InChI=1S/C13H17NO3S/c1-2-17-10-8-14-13(16)12-7-6-11(18-12)5-3-4-9-15/h6-7,15H,2,4,8-10H2,1H3,(H,14,16). The van der Waals surface area contributed by atoms with Crippen LogP contribution in [-0.4, -0.2) is 37.4 Å². The smallest absolute Gasteiger partial charge is 0.261 e. The number of ether oxygens (including phenoxy) is 1. The largest absolute Gasteiger partial charge is 0.395 e. The van der Waals surface area contributed by atoms with Gasteiger partial charge in [0.25, 0.3) is 5.91 Å². The summed E-state index contributed by atoms with van der Waals surface area (Å²) in [5, 5.41) is 11.4. The second-order valence-electron chi connectivity index (χ2n) is 3.39. The molecule has 1 amide bonds. The van der Waals surface area contributed by atoms with Crippen LogP contribution in [0.2, 0.25) is 0 Å². The van der Waals surface area contributed by atoms with Crippen molar-refractivity contribution in [2.45, 2.75) is 13.3 Å². The van der Waals surface area contributed by atoms with Gasteiger partial charge in [0.15, 0.2) is 0 Å². The maximum atomic E-state index is 11.7. The first kappa shape index (κ1) is 14.7. The van der Waals surface area contributed by atoms with Crippen molar-refractivity contribution in [1.82, 2.24) is 5.32 Å². The molecule has 0 unspecified atom stereocenters. The van der Waals surface area contributed by atoms with E-state index in [1.165, 1.54) is 11.3 Å². The summed E-state index contributed by atoms with van der Waals surface area (Å²) >= 11 is 1.35. The molecule has 1 rings (SSSR count). The first-order valence-electron chi connectivity index (χ1n) is 5.83. The van der Waals surface area contributed by atoms with Crippen molar-refractivity contribution in [3.05, 3.63) is 21.9 Å². The van der Waals surface area contributed by atoms with Crippen molar-refractivity contribution in [1.29, 1.82) is 0 Å². The van der Waals surface area contributed by atoms with Gasteiger partial charge < -0.3 is 15.2 Å². The summed E-state index contributed by atoms with van der Waals surface area (Å²) in [6.07, 6.45) is 0.452. The Morgan fingerprint density at radius 2 is 2.39 bits per heavy atom. The van der Waals surface area contributed by atoms with Gasteiger partial charge >= 0.3 is 0 Å². The van der Waals surface area contributed by atoms with Crippen LogP contribution in [-0.2, 0) is 4.74 Å². The molecule has 5 heteroatoms. The van der Waals surface area contributed by atoms with Crippen LogP contribution < -0.4 is 5.32 Å². The average molecular weight is 267 g/mol. The van der Waals surface area contributed by atoms with Crippen LogP contribution in [0.25, 0.3) is 0 Å². The van der Waals surface area contributed by atoms with Crippen LogP contribution in [0, 0.1) is 11.8 Å². The van der Waals surface area contributed by atoms with E-state index in [-0.39, 0.29) is 12.5 Å². The van der Waals surface area contributed by atoms with Gasteiger partial charge in [-0.15, -0.1) is 11.3 Å². The molecule has 0 radical (unpaired) electrons. The van der Waals surface area contributed by atoms with Crippen molar-refractivity contribution >= 4 is 17.2 Å². The zero-order valence-corrected chi connectivity index (χ0v) is 11.2. The topological polar surface area (TPSA) is 58.6 Å². The van der Waals surface area contributed by atoms with Crippen molar-refractivity contribution in [2.24, 2.45) is 0 Å². The summed E-state index contributed by atoms with van der Waals surface area (Å²) in [6.45, 7) is 3.66. The van der Waals surface area contributed by atoms with Gasteiger partial charge in [-0.3, -0.25) is 4.79 Å². The zero-order valence-electron chi connectivity index (χ0n) is 10.4. The highest BCUT2D eigenvalue weighted by molar-refractivity contribution is 7.14. The Morgan fingerprint density at radius 1 is 1.56 bits per heavy atom. The summed E-state index contributed by atoms with van der Waals surface area (Å²) in [5.74, 6) is 5.62. The Bertz CT molecular complexity index is 431. The van der Waals surface area contributed by atoms with E-state index < -0.39 is 0 Å². The number of hydrogen-bond acceptors (Lipinski definition) is 4. The molecule has 0 aliphatic rings. The molecule has 0 aliphatic carbocycles. The van der Waals surface area contributed by atoms with Crippen LogP contribution in [0.1, 0.15) is 27.9 Å². The number of thiophene rings is 1. The van der Waals surface area contributed by atoms with E-state index >= 15 is 0 Å². The van der Waals surface area contributed by atoms with Gasteiger partial charge in [-0.1, -0.05) is 11.8 Å². The minimum absolute atomic E-state index is 0.0587. The number of hydrogen-bond donors (Lipinski definition) is 2. The fraction of sp³-hybridized carbons (Fsp3) is 0.462. The van der Waals surface area contributed by atoms with Crippen LogP contribution in [0.5, 0.6) is 0 Å². The molecule has 0 saturated carbocycles. The number of carbonyl (C=O) groups is 1. The molecule has 2 N–H and O–H groups in total. The second-order valence-corrected chi connectivity index (χ2v) is 4.48. The fourth-order valence-electron chi connectivity index (χ4n) is 1.20. The SMILES string of the molecule is CCOCCNC(=O)c1ccc(C#CCCO)s1. The molecule has 0 saturated heterocycles. The maximum absolute atomic E-state index is 11.7. The quantitative estimate of drug-likeness (QED) is 0.602. The minimum atomic E-state index is -0.102. The van der Waals surface area contributed by atoms with E-state index in [4.69, 9.17) is 9.84 Å². The number of aliphatic hydroxyl groups excluding tert-OH is 1. The summed E-state index contributed by atoms with van der Waals surface area (Å²) in [7, 11) is 0. The highest BCUT2D eigenvalue weighted by Gasteiger charge is 2.07. The van der Waals surface area contributed by atoms with Gasteiger partial charge in [0.1, 0.15) is 0 Å². The Balaban J connectivity index is 2.42. The molecule has 0 aromatic carbocycles. The van der Waals surface area contributed by atoms with Gasteiger partial charge in [-0.2, -0.15) is 0 Å². The summed E-state index contributed by atoms with van der Waals surface area (Å²) < 4.78 is 5.13. The first-order chi connectivity index (χ1) is 8.77. The molecule has 18 heavy (non-hydrogen) atoms. The molecule has 0 fully saturated rings. The van der Waals surface area contributed by atoms with Crippen molar-refractivity contribution < 1.29 is 14.6 Å². The third-order valence-corrected chi connectivity index (χ3v) is 3.01. The molecular weight excluding hydrogens is 250 g/mol. The highest BCUT2D eigenvalue weighted by Crippen LogP contribution is 2.15. The number of rotatable bonds is 6. The van der Waals surface area contributed by atoms with Crippen LogP contribution in [0.3, 0.4) is 0 Å². The minimum Gasteiger partial charge on any atom is -0.395 e. The normalized spacial score (nSPS) is 9.67. The average Bonchev–Trinajstić information content (AvgIpc) is 2.84. The Labute approximate surface area is 111 Å². The summed E-state index contributed by atoms with van der Waals surface area (Å²) in [4.78, 5) is 13.2. The molecule has 98 valence electrons. The van der Waals surface area contributed by atoms with E-state index in [0.717, 1.165) is 4.88 Å². The molecule has 0 atom stereocenters. The third-order valence-electron chi connectivity index (χ3n) is 2.01. The number of nitrogens with one attached hydrogen (secondary N) is 1. The van der Waals surface area contributed by atoms with E-state index in [9.17, 15) is 4.79 Å². The monoisotopic (exact) mass is 267 g/mol. The van der Waals surface area contributed by atoms with Crippen molar-refractivity contribution in [3.63, 3.8) is 0 Å². The number of carbonyl (C=O) groups excluding carboxylic acids is 1. The van der Waals surface area contributed by atoms with Crippen LogP contribution in [0.15, 0.2) is 12.1 Å². The molecule has 0 aliphatic heterocycles. The Hall–Kier alpha value is -1.35. The van der Waals surface area contributed by atoms with Crippen LogP contribution in [0.4, 0.5) is 0 Å². The predicted molar refractivity (Wildman–Crippen MR) is 71.7 cm³/mol. The molecule has 0 spiro atoms. The zero-order chi connectivity index (χ0) is 13.2. The predicted octanol–water partition coefficient (Wildman–Crippen LogP) is 1.25. The summed E-state index contributed by atoms with van der Waals surface area (Å²) in [5.41, 5.74) is 0. The highest BCUT2D eigenvalue weighted by atomic mass is 32.1. The van der Waals surface area contributed by atoms with Crippen molar-refractivity contribution in [2.75, 3.05) is 26.4 Å². The Kier molecular flexibility index (Phi) is 7.11. The summed E-state index contributed by atoms with van der Waals surface area (Å²) in [6, 6.07) is 3.57. The first-order valence-corrected chi connectivity index (χ1v) is 6.65. The van der Waals surface area contributed by atoms with Gasteiger partial charge in [-0.25, -0.2) is 0 Å². The maximum Gasteiger partial charge on any atom is 0.261 e. The van der Waals surface area contributed by atoms with Gasteiger partial charge in [-0.05, 0) is 19.1 Å². The van der Waals surface area contributed by atoms with Gasteiger partial charge in [0, 0.05) is 19.6 Å². The lowest BCUT2D eigenvalue weighted by Crippen LogP contribution is -2.26. The number of aliphatic hydroxyl groups is 1. The number of amides is 1. The van der Waals surface area contributed by atoms with Crippen molar-refractivity contribution in [3.8, 4) is 11.8 Å². The molecule has 1 aromatic heterocycles. The van der Waals surface area contributed by atoms with Gasteiger partial charge in [0.05, 0.1) is 23.0 Å². The van der Waals surface area contributed by atoms with E-state index in [0.29, 0.717) is 31.1 Å². The molecule has 1 heterocycles. The van der Waals surface area contributed by atoms with E-state index in [2.05, 4.69) is 17.2 Å². The molecule has 4 nitrogen and oxygen atoms in total. The third kappa shape index (κ3) is 5.32. The molecular formula is C13H17NO3S. The fourth-order valence-corrected chi connectivity index (χ4v) is 2.00. The lowest BCUT2D eigenvalue weighted by molar-refractivity contribution is 0.0926. The van der Waals surface area contributed by atoms with Crippen LogP contribution >= 0.6 is 11.3 Å². The molecule has 1 aromatic rings. The molecule has 0 bridgehead atoms. The lowest BCUT2D eigenvalue weighted by Gasteiger charge is -2.02.